The minimum absolute atomic E-state index is 0.104. The third kappa shape index (κ3) is 4.23. The van der Waals surface area contributed by atoms with Gasteiger partial charge in [0, 0.05) is 0 Å². The lowest BCUT2D eigenvalue weighted by molar-refractivity contribution is -0.115. The maximum Gasteiger partial charge on any atom is 0.229 e. The monoisotopic (exact) mass is 265 g/mol. The van der Waals surface area contributed by atoms with Gasteiger partial charge in [0.2, 0.25) is 5.91 Å². The Hall–Kier alpha value is -2.64. The van der Waals surface area contributed by atoms with Crippen molar-refractivity contribution in [1.82, 2.24) is 4.98 Å². The number of aromatic nitrogens is 1. The number of anilines is 1. The normalized spacial score (nSPS) is 9.45. The summed E-state index contributed by atoms with van der Waals surface area (Å²) in [5, 5.41) is 2.76. The highest BCUT2D eigenvalue weighted by atomic mass is 16.1. The Balaban J connectivity index is 2.01. The molecule has 0 aliphatic rings. The number of pyridine rings is 1. The molecule has 0 saturated heterocycles. The predicted molar refractivity (Wildman–Crippen MR) is 78.9 cm³/mol. The maximum absolute atomic E-state index is 11.9. The number of nitrogens with zero attached hydrogens (tertiary/aromatic N) is 1. The Bertz CT molecular complexity index is 642. The van der Waals surface area contributed by atoms with Gasteiger partial charge in [-0.05, 0) is 23.6 Å². The number of hydrogen-bond donors (Lipinski definition) is 2. The highest BCUT2D eigenvalue weighted by Crippen LogP contribution is 2.06. The number of carbonyl (C=O) groups is 1. The fraction of sp³-hybridized carbons (Fsp3) is 0.125. The van der Waals surface area contributed by atoms with Crippen LogP contribution in [-0.2, 0) is 11.2 Å². The molecule has 2 aromatic rings. The lowest BCUT2D eigenvalue weighted by Crippen LogP contribution is -2.15. The molecule has 4 heteroatoms. The van der Waals surface area contributed by atoms with E-state index in [9.17, 15) is 4.79 Å². The molecule has 0 spiro atoms. The smallest absolute Gasteiger partial charge is 0.229 e. The Morgan fingerprint density at radius 2 is 1.95 bits per heavy atom. The van der Waals surface area contributed by atoms with Gasteiger partial charge in [0.1, 0.15) is 11.5 Å². The van der Waals surface area contributed by atoms with Crippen molar-refractivity contribution in [3.05, 3.63) is 59.8 Å². The first-order valence-electron chi connectivity index (χ1n) is 6.27. The van der Waals surface area contributed by atoms with Crippen molar-refractivity contribution < 1.29 is 4.79 Å². The van der Waals surface area contributed by atoms with Gasteiger partial charge in [0.15, 0.2) is 0 Å². The van der Waals surface area contributed by atoms with Crippen molar-refractivity contribution in [2.24, 2.45) is 5.73 Å². The molecule has 0 aliphatic heterocycles. The first kappa shape index (κ1) is 13.8. The van der Waals surface area contributed by atoms with Crippen LogP contribution in [0.1, 0.15) is 11.3 Å². The average Bonchev–Trinajstić information content (AvgIpc) is 2.46. The summed E-state index contributed by atoms with van der Waals surface area (Å²) < 4.78 is 0. The van der Waals surface area contributed by atoms with Gasteiger partial charge in [-0.15, -0.1) is 0 Å². The van der Waals surface area contributed by atoms with Gasteiger partial charge in [0.25, 0.3) is 0 Å². The van der Waals surface area contributed by atoms with E-state index in [1.807, 2.05) is 30.3 Å². The van der Waals surface area contributed by atoms with Gasteiger partial charge in [-0.3, -0.25) is 4.79 Å². The van der Waals surface area contributed by atoms with Crippen LogP contribution in [0.5, 0.6) is 0 Å². The molecule has 0 fully saturated rings. The van der Waals surface area contributed by atoms with E-state index in [4.69, 9.17) is 5.73 Å². The van der Waals surface area contributed by atoms with Crippen LogP contribution in [0.25, 0.3) is 0 Å². The SMILES string of the molecule is NCC#Cc1cccc(NC(=O)Cc2ccccc2)n1. The van der Waals surface area contributed by atoms with E-state index in [0.717, 1.165) is 5.56 Å². The van der Waals surface area contributed by atoms with Gasteiger partial charge in [-0.25, -0.2) is 4.98 Å². The molecule has 1 aromatic carbocycles. The van der Waals surface area contributed by atoms with E-state index in [1.165, 1.54) is 0 Å². The van der Waals surface area contributed by atoms with Crippen LogP contribution in [-0.4, -0.2) is 17.4 Å². The molecule has 20 heavy (non-hydrogen) atoms. The second-order valence-corrected chi connectivity index (χ2v) is 4.12. The molecule has 1 amide bonds. The standard InChI is InChI=1S/C16H15N3O/c17-11-5-9-14-8-4-10-15(18-14)19-16(20)12-13-6-2-1-3-7-13/h1-4,6-8,10H,11-12,17H2,(H,18,19,20). The minimum atomic E-state index is -0.104. The summed E-state index contributed by atoms with van der Waals surface area (Å²) >= 11 is 0. The molecule has 3 N–H and O–H groups in total. The fourth-order valence-corrected chi connectivity index (χ4v) is 1.68. The van der Waals surface area contributed by atoms with E-state index >= 15 is 0 Å². The average molecular weight is 265 g/mol. The molecule has 0 bridgehead atoms. The van der Waals surface area contributed by atoms with Crippen LogP contribution in [0.4, 0.5) is 5.82 Å². The summed E-state index contributed by atoms with van der Waals surface area (Å²) in [4.78, 5) is 16.1. The first-order chi connectivity index (χ1) is 9.78. The van der Waals surface area contributed by atoms with Crippen LogP contribution >= 0.6 is 0 Å². The van der Waals surface area contributed by atoms with Gasteiger partial charge < -0.3 is 11.1 Å². The van der Waals surface area contributed by atoms with E-state index in [0.29, 0.717) is 17.9 Å². The van der Waals surface area contributed by atoms with Gasteiger partial charge in [-0.1, -0.05) is 42.3 Å². The number of hydrogen-bond acceptors (Lipinski definition) is 3. The summed E-state index contributed by atoms with van der Waals surface area (Å²) in [5.41, 5.74) is 6.86. The van der Waals surface area contributed by atoms with Crippen molar-refractivity contribution in [1.29, 1.82) is 0 Å². The van der Waals surface area contributed by atoms with Gasteiger partial charge >= 0.3 is 0 Å². The molecule has 0 aliphatic carbocycles. The molecule has 100 valence electrons. The number of nitrogens with two attached hydrogens (primary N) is 1. The van der Waals surface area contributed by atoms with E-state index in [-0.39, 0.29) is 12.5 Å². The molecule has 4 nitrogen and oxygen atoms in total. The molecule has 0 radical (unpaired) electrons. The lowest BCUT2D eigenvalue weighted by Gasteiger charge is -2.04. The number of benzene rings is 1. The van der Waals surface area contributed by atoms with Crippen molar-refractivity contribution in [3.63, 3.8) is 0 Å². The number of carbonyl (C=O) groups excluding carboxylic acids is 1. The van der Waals surface area contributed by atoms with Gasteiger partial charge in [0.05, 0.1) is 13.0 Å². The number of nitrogens with one attached hydrogen (secondary N) is 1. The largest absolute Gasteiger partial charge is 0.320 e. The predicted octanol–water partition coefficient (Wildman–Crippen LogP) is 1.57. The van der Waals surface area contributed by atoms with Crippen LogP contribution in [0.3, 0.4) is 0 Å². The quantitative estimate of drug-likeness (QED) is 0.828. The topological polar surface area (TPSA) is 68.0 Å². The molecule has 0 saturated carbocycles. The summed E-state index contributed by atoms with van der Waals surface area (Å²) in [6, 6.07) is 14.9. The van der Waals surface area contributed by atoms with E-state index in [1.54, 1.807) is 18.2 Å². The van der Waals surface area contributed by atoms with Gasteiger partial charge in [-0.2, -0.15) is 0 Å². The third-order valence-electron chi connectivity index (χ3n) is 2.54. The summed E-state index contributed by atoms with van der Waals surface area (Å²) in [6.07, 6.45) is 0.321. The maximum atomic E-state index is 11.9. The van der Waals surface area contributed by atoms with Crippen LogP contribution < -0.4 is 11.1 Å². The summed E-state index contributed by atoms with van der Waals surface area (Å²) in [5.74, 6) is 5.95. The zero-order valence-electron chi connectivity index (χ0n) is 11.0. The number of rotatable bonds is 3. The highest BCUT2D eigenvalue weighted by molar-refractivity contribution is 5.91. The molecule has 0 atom stereocenters. The molecule has 0 unspecified atom stereocenters. The van der Waals surface area contributed by atoms with Crippen molar-refractivity contribution in [2.45, 2.75) is 6.42 Å². The van der Waals surface area contributed by atoms with Crippen LogP contribution in [0.15, 0.2) is 48.5 Å². The molecule has 2 rings (SSSR count). The van der Waals surface area contributed by atoms with Crippen LogP contribution in [0.2, 0.25) is 0 Å². The zero-order chi connectivity index (χ0) is 14.2. The minimum Gasteiger partial charge on any atom is -0.320 e. The second-order valence-electron chi connectivity index (χ2n) is 4.12. The Kier molecular flexibility index (Phi) is 4.87. The number of amides is 1. The Morgan fingerprint density at radius 3 is 2.70 bits per heavy atom. The summed E-state index contributed by atoms with van der Waals surface area (Å²) in [6.45, 7) is 0.284. The Labute approximate surface area is 118 Å². The second kappa shape index (κ2) is 7.07. The Morgan fingerprint density at radius 1 is 1.15 bits per heavy atom. The summed E-state index contributed by atoms with van der Waals surface area (Å²) in [7, 11) is 0. The highest BCUT2D eigenvalue weighted by Gasteiger charge is 2.04. The van der Waals surface area contributed by atoms with Crippen LogP contribution in [0, 0.1) is 11.8 Å². The third-order valence-corrected chi connectivity index (χ3v) is 2.54. The molecular formula is C16H15N3O. The van der Waals surface area contributed by atoms with Crippen molar-refractivity contribution >= 4 is 11.7 Å². The van der Waals surface area contributed by atoms with Crippen molar-refractivity contribution in [3.8, 4) is 11.8 Å². The molecular weight excluding hydrogens is 250 g/mol. The zero-order valence-corrected chi connectivity index (χ0v) is 11.0. The van der Waals surface area contributed by atoms with E-state index < -0.39 is 0 Å². The van der Waals surface area contributed by atoms with Crippen molar-refractivity contribution in [2.75, 3.05) is 11.9 Å². The molecule has 1 aromatic heterocycles. The lowest BCUT2D eigenvalue weighted by atomic mass is 10.1. The van der Waals surface area contributed by atoms with E-state index in [2.05, 4.69) is 22.1 Å². The molecule has 1 heterocycles. The fourth-order valence-electron chi connectivity index (χ4n) is 1.68. The first-order valence-corrected chi connectivity index (χ1v) is 6.27.